The monoisotopic (exact) mass is 1090 g/mol. The fourth-order valence-electron chi connectivity index (χ4n) is 11.9. The molecule has 0 atom stereocenters. The van der Waals surface area contributed by atoms with Crippen LogP contribution >= 0.6 is 0 Å². The average molecular weight is 1090 g/mol. The maximum atomic E-state index is 10.7. The van der Waals surface area contributed by atoms with Gasteiger partial charge in [0, 0.05) is 38.2 Å². The molecule has 0 aliphatic heterocycles. The average Bonchev–Trinajstić information content (AvgIpc) is 1.73. The Hall–Kier alpha value is -13.0. The van der Waals surface area contributed by atoms with E-state index in [-0.39, 0.29) is 11.6 Å². The number of nitriles is 6. The third kappa shape index (κ3) is 8.60. The molecule has 0 spiro atoms. The third-order valence-corrected chi connectivity index (χ3v) is 15.8. The summed E-state index contributed by atoms with van der Waals surface area (Å²) >= 11 is 0. The normalized spacial score (nSPS) is 11.0. The highest BCUT2D eigenvalue weighted by atomic mass is 15.1. The minimum absolute atomic E-state index is 0.257. The first-order valence-corrected chi connectivity index (χ1v) is 27.4. The molecule has 11 nitrogen and oxygen atoms in total. The van der Waals surface area contributed by atoms with E-state index in [4.69, 9.17) is 15.0 Å². The molecular weight excluding hydrogens is 1050 g/mol. The maximum Gasteiger partial charge on any atom is 0.166 e. The van der Waals surface area contributed by atoms with Crippen molar-refractivity contribution in [2.45, 2.75) is 0 Å². The van der Waals surface area contributed by atoms with Crippen LogP contribution in [0.15, 0.2) is 237 Å². The van der Waals surface area contributed by atoms with Crippen molar-refractivity contribution in [1.29, 1.82) is 31.6 Å². The molecule has 0 N–H and O–H groups in total. The van der Waals surface area contributed by atoms with Crippen LogP contribution in [0, 0.1) is 68.0 Å². The van der Waals surface area contributed by atoms with Crippen LogP contribution in [0.3, 0.4) is 0 Å². The van der Waals surface area contributed by atoms with Gasteiger partial charge in [-0.3, -0.25) is 0 Å². The zero-order valence-electron chi connectivity index (χ0n) is 45.4. The number of aromatic nitrogens is 5. The molecule has 14 aromatic rings. The summed E-state index contributed by atoms with van der Waals surface area (Å²) in [5.74, 6) is 0.860. The van der Waals surface area contributed by atoms with E-state index in [0.717, 1.165) is 88.1 Å². The summed E-state index contributed by atoms with van der Waals surface area (Å²) in [6, 6.07) is 89.4. The number of nitrogens with zero attached hydrogens (tertiary/aromatic N) is 11. The Labute approximate surface area is 493 Å². The largest absolute Gasteiger partial charge is 0.308 e. The van der Waals surface area contributed by atoms with Gasteiger partial charge < -0.3 is 9.13 Å². The van der Waals surface area contributed by atoms with Gasteiger partial charge in [-0.15, -0.1) is 0 Å². The molecule has 0 aliphatic carbocycles. The van der Waals surface area contributed by atoms with Crippen molar-refractivity contribution in [1.82, 2.24) is 24.1 Å². The Bertz CT molecular complexity index is 4910. The molecule has 3 aromatic heterocycles. The highest BCUT2D eigenvalue weighted by Gasteiger charge is 2.25. The smallest absolute Gasteiger partial charge is 0.166 e. The lowest BCUT2D eigenvalue weighted by molar-refractivity contribution is 1.06. The SMILES string of the molecule is N#Cc1ccc(-n2c3ccc(-c4ccccc4C#N)cc3c3cc(-c4ccccc4C#N)ccc32)c(-c2nc(-c3ccccc3)nc(-c3cc(C#N)ccc3-n3c4ccc(-c5ccccc5C#N)cc4c4cc(-c5ccccc5C#N)ccc43)n2)c1. The van der Waals surface area contributed by atoms with Gasteiger partial charge in [0.05, 0.1) is 103 Å². The lowest BCUT2D eigenvalue weighted by atomic mass is 9.96. The summed E-state index contributed by atoms with van der Waals surface area (Å²) in [7, 11) is 0. The highest BCUT2D eigenvalue weighted by molar-refractivity contribution is 6.14. The molecular formula is C75H39N11. The Morgan fingerprint density at radius 3 is 0.860 bits per heavy atom. The van der Waals surface area contributed by atoms with Crippen LogP contribution in [0.4, 0.5) is 0 Å². The van der Waals surface area contributed by atoms with Crippen LogP contribution in [0.2, 0.25) is 0 Å². The number of fused-ring (bicyclic) bond motifs is 6. The van der Waals surface area contributed by atoms with Crippen LogP contribution in [-0.2, 0) is 0 Å². The van der Waals surface area contributed by atoms with Crippen molar-refractivity contribution >= 4 is 43.6 Å². The van der Waals surface area contributed by atoms with E-state index in [0.29, 0.717) is 67.3 Å². The first kappa shape index (κ1) is 51.1. The van der Waals surface area contributed by atoms with Crippen LogP contribution in [0.5, 0.6) is 0 Å². The van der Waals surface area contributed by atoms with Crippen molar-refractivity contribution < 1.29 is 0 Å². The zero-order valence-corrected chi connectivity index (χ0v) is 45.4. The van der Waals surface area contributed by atoms with E-state index in [1.165, 1.54) is 0 Å². The van der Waals surface area contributed by atoms with Gasteiger partial charge in [-0.25, -0.2) is 15.0 Å². The molecule has 0 fully saturated rings. The topological polar surface area (TPSA) is 191 Å². The maximum absolute atomic E-state index is 10.7. The van der Waals surface area contributed by atoms with E-state index in [1.807, 2.05) is 164 Å². The Morgan fingerprint density at radius 2 is 0.547 bits per heavy atom. The second-order valence-electron chi connectivity index (χ2n) is 20.6. The number of hydrogen-bond donors (Lipinski definition) is 0. The summed E-state index contributed by atoms with van der Waals surface area (Å²) in [5.41, 5.74) is 15.7. The van der Waals surface area contributed by atoms with Gasteiger partial charge in [-0.05, 0) is 154 Å². The summed E-state index contributed by atoms with van der Waals surface area (Å²) in [6.07, 6.45) is 0. The molecule has 3 heterocycles. The first-order chi connectivity index (χ1) is 42.4. The van der Waals surface area contributed by atoms with Gasteiger partial charge in [0.15, 0.2) is 17.5 Å². The van der Waals surface area contributed by atoms with Gasteiger partial charge >= 0.3 is 0 Å². The third-order valence-electron chi connectivity index (χ3n) is 15.8. The van der Waals surface area contributed by atoms with Crippen LogP contribution in [0.1, 0.15) is 33.4 Å². The molecule has 0 aliphatic rings. The molecule has 0 saturated heterocycles. The predicted octanol–water partition coefficient (Wildman–Crippen LogP) is 17.0. The van der Waals surface area contributed by atoms with Crippen LogP contribution in [0.25, 0.3) is 134 Å². The quantitative estimate of drug-likeness (QED) is 0.135. The summed E-state index contributed by atoms with van der Waals surface area (Å²) < 4.78 is 4.28. The summed E-state index contributed by atoms with van der Waals surface area (Å²) in [5, 5.41) is 65.8. The minimum atomic E-state index is 0.257. The van der Waals surface area contributed by atoms with E-state index < -0.39 is 0 Å². The van der Waals surface area contributed by atoms with Crippen molar-refractivity contribution in [3.05, 3.63) is 270 Å². The minimum Gasteiger partial charge on any atom is -0.308 e. The lowest BCUT2D eigenvalue weighted by Gasteiger charge is -2.17. The van der Waals surface area contributed by atoms with Gasteiger partial charge in [0.1, 0.15) is 0 Å². The van der Waals surface area contributed by atoms with Crippen molar-refractivity contribution in [3.63, 3.8) is 0 Å². The van der Waals surface area contributed by atoms with Crippen molar-refractivity contribution in [3.8, 4) is 126 Å². The molecule has 0 bridgehead atoms. The standard InChI is InChI=1S/C75H39N11/c76-40-46-22-28-71(85-67-30-24-49(57-18-8-4-14-53(57)42-78)36-61(67)62-37-50(25-31-68(62)85)58-19-9-5-15-54(58)43-79)65(34-46)74-82-73(48-12-2-1-3-13-48)83-75(84-74)66-35-47(41-77)23-29-72(66)86-69-32-26-51(59-20-10-6-16-55(59)44-80)38-63(69)64-39-52(27-33-70(64)86)60-21-11-7-17-56(60)45-81/h1-39H. The highest BCUT2D eigenvalue weighted by Crippen LogP contribution is 2.44. The molecule has 0 amide bonds. The number of rotatable bonds is 9. The van der Waals surface area contributed by atoms with Gasteiger partial charge in [0.25, 0.3) is 0 Å². The van der Waals surface area contributed by atoms with E-state index in [2.05, 4.69) is 69.8 Å². The number of hydrogen-bond acceptors (Lipinski definition) is 9. The fourth-order valence-corrected chi connectivity index (χ4v) is 11.9. The van der Waals surface area contributed by atoms with Gasteiger partial charge in [-0.2, -0.15) is 31.6 Å². The first-order valence-electron chi connectivity index (χ1n) is 27.4. The van der Waals surface area contributed by atoms with Crippen LogP contribution in [-0.4, -0.2) is 24.1 Å². The number of benzene rings is 11. The van der Waals surface area contributed by atoms with E-state index >= 15 is 0 Å². The Kier molecular flexibility index (Phi) is 12.6. The second kappa shape index (κ2) is 21.1. The van der Waals surface area contributed by atoms with E-state index in [9.17, 15) is 31.6 Å². The molecule has 0 unspecified atom stereocenters. The zero-order chi connectivity index (χ0) is 58.4. The van der Waals surface area contributed by atoms with Gasteiger partial charge in [-0.1, -0.05) is 127 Å². The molecule has 86 heavy (non-hydrogen) atoms. The molecule has 11 aromatic carbocycles. The fraction of sp³-hybridized carbons (Fsp3) is 0. The van der Waals surface area contributed by atoms with Crippen LogP contribution < -0.4 is 0 Å². The molecule has 0 radical (unpaired) electrons. The molecule has 11 heteroatoms. The van der Waals surface area contributed by atoms with Gasteiger partial charge in [0.2, 0.25) is 0 Å². The Balaban J connectivity index is 1.03. The lowest BCUT2D eigenvalue weighted by Crippen LogP contribution is -2.06. The predicted molar refractivity (Wildman–Crippen MR) is 335 cm³/mol. The Morgan fingerprint density at radius 1 is 0.244 bits per heavy atom. The molecule has 394 valence electrons. The van der Waals surface area contributed by atoms with Crippen molar-refractivity contribution in [2.24, 2.45) is 0 Å². The summed E-state index contributed by atoms with van der Waals surface area (Å²) in [6.45, 7) is 0. The van der Waals surface area contributed by atoms with E-state index in [1.54, 1.807) is 48.5 Å². The molecule has 0 saturated carbocycles. The molecule has 14 rings (SSSR count). The second-order valence-corrected chi connectivity index (χ2v) is 20.6. The van der Waals surface area contributed by atoms with Crippen molar-refractivity contribution in [2.75, 3.05) is 0 Å². The summed E-state index contributed by atoms with van der Waals surface area (Å²) in [4.78, 5) is 15.9.